The summed E-state index contributed by atoms with van der Waals surface area (Å²) < 4.78 is 5.42. The highest BCUT2D eigenvalue weighted by Gasteiger charge is 2.07. The molecule has 1 nitrogen and oxygen atoms in total. The minimum atomic E-state index is 0.743. The Labute approximate surface area is 77.3 Å². The Hall–Kier alpha value is -0.530. The van der Waals surface area contributed by atoms with Crippen molar-refractivity contribution in [2.45, 2.75) is 19.4 Å². The summed E-state index contributed by atoms with van der Waals surface area (Å²) in [6, 6.07) is 6.03. The van der Waals surface area contributed by atoms with E-state index in [2.05, 4.69) is 6.07 Å². The van der Waals surface area contributed by atoms with E-state index in [1.54, 1.807) is 0 Å². The van der Waals surface area contributed by atoms with E-state index in [9.17, 15) is 0 Å². The van der Waals surface area contributed by atoms with Gasteiger partial charge in [-0.25, -0.2) is 0 Å². The molecule has 0 saturated heterocycles. The normalized spacial score (nSPS) is 16.8. The third-order valence-corrected chi connectivity index (χ3v) is 2.40. The zero-order valence-corrected chi connectivity index (χ0v) is 7.60. The molecule has 0 unspecified atom stereocenters. The van der Waals surface area contributed by atoms with Crippen molar-refractivity contribution in [3.05, 3.63) is 34.3 Å². The van der Waals surface area contributed by atoms with Gasteiger partial charge < -0.3 is 4.74 Å². The molecule has 12 heavy (non-hydrogen) atoms. The molecule has 2 heteroatoms. The molecule has 1 aromatic carbocycles. The monoisotopic (exact) mass is 182 g/mol. The van der Waals surface area contributed by atoms with Gasteiger partial charge in [0.2, 0.25) is 0 Å². The molecule has 1 aromatic rings. The summed E-state index contributed by atoms with van der Waals surface area (Å²) in [6.45, 7) is 1.61. The van der Waals surface area contributed by atoms with Crippen LogP contribution in [0.2, 0.25) is 5.02 Å². The number of fused-ring (bicyclic) bond motifs is 1. The second-order valence-corrected chi connectivity index (χ2v) is 3.51. The molecule has 0 radical (unpaired) electrons. The minimum Gasteiger partial charge on any atom is -0.377 e. The number of ether oxygens (including phenoxy) is 1. The number of rotatable bonds is 0. The van der Waals surface area contributed by atoms with Crippen LogP contribution in [-0.4, -0.2) is 6.61 Å². The van der Waals surface area contributed by atoms with E-state index in [4.69, 9.17) is 16.3 Å². The molecular formula is C10H11ClO. The largest absolute Gasteiger partial charge is 0.377 e. The topological polar surface area (TPSA) is 9.23 Å². The average Bonchev–Trinajstić information content (AvgIpc) is 2.28. The third-order valence-electron chi connectivity index (χ3n) is 2.16. The molecule has 0 aromatic heterocycles. The maximum atomic E-state index is 5.89. The van der Waals surface area contributed by atoms with E-state index in [1.807, 2.05) is 12.1 Å². The predicted molar refractivity (Wildman–Crippen MR) is 49.4 cm³/mol. The van der Waals surface area contributed by atoms with E-state index in [1.165, 1.54) is 11.1 Å². The Morgan fingerprint density at radius 2 is 2.17 bits per heavy atom. The number of hydrogen-bond donors (Lipinski definition) is 0. The second kappa shape index (κ2) is 3.46. The average molecular weight is 183 g/mol. The Bertz CT molecular complexity index is 283. The molecule has 0 amide bonds. The van der Waals surface area contributed by atoms with Gasteiger partial charge in [-0.1, -0.05) is 17.7 Å². The van der Waals surface area contributed by atoms with Crippen LogP contribution in [0.15, 0.2) is 18.2 Å². The lowest BCUT2D eigenvalue weighted by Crippen LogP contribution is -1.90. The fourth-order valence-corrected chi connectivity index (χ4v) is 1.71. The second-order valence-electron chi connectivity index (χ2n) is 3.07. The van der Waals surface area contributed by atoms with Gasteiger partial charge in [-0.2, -0.15) is 0 Å². The first-order valence-electron chi connectivity index (χ1n) is 4.21. The van der Waals surface area contributed by atoms with Gasteiger partial charge >= 0.3 is 0 Å². The lowest BCUT2D eigenvalue weighted by atomic mass is 10.0. The molecule has 1 aliphatic rings. The van der Waals surface area contributed by atoms with Crippen LogP contribution in [0.3, 0.4) is 0 Å². The Morgan fingerprint density at radius 3 is 3.08 bits per heavy atom. The van der Waals surface area contributed by atoms with Gasteiger partial charge in [0.1, 0.15) is 0 Å². The summed E-state index contributed by atoms with van der Waals surface area (Å²) in [5, 5.41) is 0.829. The van der Waals surface area contributed by atoms with Crippen molar-refractivity contribution in [2.24, 2.45) is 0 Å². The highest BCUT2D eigenvalue weighted by molar-refractivity contribution is 6.30. The quantitative estimate of drug-likeness (QED) is 0.600. The molecule has 64 valence electrons. The summed E-state index contributed by atoms with van der Waals surface area (Å²) in [5.41, 5.74) is 2.64. The minimum absolute atomic E-state index is 0.743. The van der Waals surface area contributed by atoms with Crippen LogP contribution >= 0.6 is 11.6 Å². The summed E-state index contributed by atoms with van der Waals surface area (Å²) >= 11 is 5.89. The van der Waals surface area contributed by atoms with Crippen molar-refractivity contribution in [1.82, 2.24) is 0 Å². The van der Waals surface area contributed by atoms with Crippen LogP contribution < -0.4 is 0 Å². The predicted octanol–water partition coefficient (Wildman–Crippen LogP) is 2.80. The Balaban J connectivity index is 2.36. The number of benzene rings is 1. The molecule has 0 N–H and O–H groups in total. The van der Waals surface area contributed by atoms with Crippen molar-refractivity contribution in [3.8, 4) is 0 Å². The molecular weight excluding hydrogens is 172 g/mol. The first-order chi connectivity index (χ1) is 5.86. The maximum Gasteiger partial charge on any atom is 0.0719 e. The Morgan fingerprint density at radius 1 is 1.25 bits per heavy atom. The van der Waals surface area contributed by atoms with Crippen LogP contribution in [0, 0.1) is 0 Å². The van der Waals surface area contributed by atoms with E-state index < -0.39 is 0 Å². The van der Waals surface area contributed by atoms with Gasteiger partial charge in [0.25, 0.3) is 0 Å². The number of hydrogen-bond acceptors (Lipinski definition) is 1. The van der Waals surface area contributed by atoms with Crippen LogP contribution in [0.1, 0.15) is 17.5 Å². The molecule has 0 spiro atoms. The van der Waals surface area contributed by atoms with E-state index >= 15 is 0 Å². The summed E-state index contributed by atoms with van der Waals surface area (Å²) in [5.74, 6) is 0. The first kappa shape index (κ1) is 8.09. The van der Waals surface area contributed by atoms with Gasteiger partial charge in [-0.05, 0) is 36.1 Å². The molecule has 1 aliphatic heterocycles. The lowest BCUT2D eigenvalue weighted by molar-refractivity contribution is 0.125. The van der Waals surface area contributed by atoms with Crippen LogP contribution in [-0.2, 0) is 17.8 Å². The van der Waals surface area contributed by atoms with Gasteiger partial charge in [-0.3, -0.25) is 0 Å². The van der Waals surface area contributed by atoms with Crippen LogP contribution in [0.5, 0.6) is 0 Å². The molecule has 1 heterocycles. The zero-order chi connectivity index (χ0) is 8.39. The molecule has 0 atom stereocenters. The molecule has 0 bridgehead atoms. The SMILES string of the molecule is Clc1ccc2c(c1)CCCOC2. The number of halogens is 1. The van der Waals surface area contributed by atoms with Crippen LogP contribution in [0.25, 0.3) is 0 Å². The molecule has 0 fully saturated rings. The third kappa shape index (κ3) is 1.62. The van der Waals surface area contributed by atoms with Crippen molar-refractivity contribution in [3.63, 3.8) is 0 Å². The van der Waals surface area contributed by atoms with Gasteiger partial charge in [0.05, 0.1) is 6.61 Å². The van der Waals surface area contributed by atoms with Crippen molar-refractivity contribution in [1.29, 1.82) is 0 Å². The Kier molecular flexibility index (Phi) is 2.33. The van der Waals surface area contributed by atoms with E-state index in [0.29, 0.717) is 0 Å². The first-order valence-corrected chi connectivity index (χ1v) is 4.59. The van der Waals surface area contributed by atoms with Gasteiger partial charge in [-0.15, -0.1) is 0 Å². The standard InChI is InChI=1S/C10H11ClO/c11-10-4-3-9-7-12-5-1-2-8(9)6-10/h3-4,6H,1-2,5,7H2. The van der Waals surface area contributed by atoms with Crippen molar-refractivity contribution < 1.29 is 4.74 Å². The summed E-state index contributed by atoms with van der Waals surface area (Å²) in [7, 11) is 0. The molecule has 0 saturated carbocycles. The highest BCUT2D eigenvalue weighted by Crippen LogP contribution is 2.20. The highest BCUT2D eigenvalue weighted by atomic mass is 35.5. The van der Waals surface area contributed by atoms with E-state index in [-0.39, 0.29) is 0 Å². The van der Waals surface area contributed by atoms with Crippen molar-refractivity contribution >= 4 is 11.6 Å². The lowest BCUT2D eigenvalue weighted by Gasteiger charge is -2.03. The number of aryl methyl sites for hydroxylation is 1. The summed E-state index contributed by atoms with van der Waals surface area (Å²) in [6.07, 6.45) is 2.20. The van der Waals surface area contributed by atoms with Gasteiger partial charge in [0, 0.05) is 11.6 Å². The fourth-order valence-electron chi connectivity index (χ4n) is 1.51. The van der Waals surface area contributed by atoms with Crippen LogP contribution in [0.4, 0.5) is 0 Å². The summed E-state index contributed by atoms with van der Waals surface area (Å²) in [4.78, 5) is 0. The smallest absolute Gasteiger partial charge is 0.0719 e. The maximum absolute atomic E-state index is 5.89. The molecule has 2 rings (SSSR count). The van der Waals surface area contributed by atoms with Gasteiger partial charge in [0.15, 0.2) is 0 Å². The fraction of sp³-hybridized carbons (Fsp3) is 0.400. The molecule has 0 aliphatic carbocycles. The van der Waals surface area contributed by atoms with Crippen molar-refractivity contribution in [2.75, 3.05) is 6.61 Å². The zero-order valence-electron chi connectivity index (χ0n) is 6.85. The van der Waals surface area contributed by atoms with E-state index in [0.717, 1.165) is 31.1 Å².